The van der Waals surface area contributed by atoms with E-state index in [0.717, 1.165) is 0 Å². The molecule has 0 spiro atoms. The molecule has 1 heteroatoms. The number of unbranched alkanes of at least 4 members (excludes halogenated alkanes) is 3. The first kappa shape index (κ1) is 11.7. The fourth-order valence-corrected chi connectivity index (χ4v) is 1.19. The molecule has 12 heavy (non-hydrogen) atoms. The van der Waals surface area contributed by atoms with Crippen molar-refractivity contribution in [2.75, 3.05) is 6.61 Å². The fraction of sp³-hybridized carbons (Fsp3) is 0.818. The van der Waals surface area contributed by atoms with Crippen LogP contribution in [0, 0.1) is 5.92 Å². The van der Waals surface area contributed by atoms with Crippen molar-refractivity contribution in [1.29, 1.82) is 0 Å². The molecule has 0 aliphatic carbocycles. The van der Waals surface area contributed by atoms with Crippen molar-refractivity contribution in [3.05, 3.63) is 12.2 Å². The average Bonchev–Trinajstić information content (AvgIpc) is 2.10. The summed E-state index contributed by atoms with van der Waals surface area (Å²) in [7, 11) is 0. The highest BCUT2D eigenvalue weighted by atomic mass is 16.3. The molecule has 0 aromatic heterocycles. The van der Waals surface area contributed by atoms with Crippen LogP contribution < -0.4 is 0 Å². The summed E-state index contributed by atoms with van der Waals surface area (Å²) in [5, 5.41) is 8.76. The van der Waals surface area contributed by atoms with Crippen LogP contribution in [-0.2, 0) is 0 Å². The van der Waals surface area contributed by atoms with E-state index in [4.69, 9.17) is 5.11 Å². The van der Waals surface area contributed by atoms with Crippen molar-refractivity contribution in [1.82, 2.24) is 0 Å². The molecule has 72 valence electrons. The molecule has 0 aromatic rings. The topological polar surface area (TPSA) is 20.2 Å². The predicted octanol–water partition coefficient (Wildman–Crippen LogP) is 3.14. The average molecular weight is 170 g/mol. The maximum atomic E-state index is 8.76. The quantitative estimate of drug-likeness (QED) is 0.459. The van der Waals surface area contributed by atoms with Gasteiger partial charge in [-0.25, -0.2) is 0 Å². The molecule has 0 amide bonds. The van der Waals surface area contributed by atoms with E-state index in [2.05, 4.69) is 26.0 Å². The minimum Gasteiger partial charge on any atom is -0.396 e. The van der Waals surface area contributed by atoms with Crippen LogP contribution in [-0.4, -0.2) is 11.7 Å². The minimum atomic E-state index is 0.342. The number of rotatable bonds is 7. The Morgan fingerprint density at radius 1 is 1.25 bits per heavy atom. The standard InChI is InChI=1S/C11H22O/c1-3-4-5-6-7-8-9-11(2)10-12/h3-4,11-12H,5-10H2,1-2H3. The SMILES string of the molecule is CC=CCCCCCC(C)CO. The van der Waals surface area contributed by atoms with Gasteiger partial charge < -0.3 is 5.11 Å². The van der Waals surface area contributed by atoms with Gasteiger partial charge in [0.1, 0.15) is 0 Å². The largest absolute Gasteiger partial charge is 0.396 e. The van der Waals surface area contributed by atoms with Crippen LogP contribution in [0.15, 0.2) is 12.2 Å². The van der Waals surface area contributed by atoms with Gasteiger partial charge in [-0.2, -0.15) is 0 Å². The summed E-state index contributed by atoms with van der Waals surface area (Å²) >= 11 is 0. The van der Waals surface area contributed by atoms with Crippen LogP contribution in [0.3, 0.4) is 0 Å². The molecule has 0 saturated carbocycles. The smallest absolute Gasteiger partial charge is 0.0456 e. The van der Waals surface area contributed by atoms with Crippen LogP contribution in [0.2, 0.25) is 0 Å². The second-order valence-corrected chi connectivity index (χ2v) is 3.49. The van der Waals surface area contributed by atoms with E-state index < -0.39 is 0 Å². The zero-order chi connectivity index (χ0) is 9.23. The maximum Gasteiger partial charge on any atom is 0.0456 e. The molecule has 1 nitrogen and oxygen atoms in total. The van der Waals surface area contributed by atoms with Gasteiger partial charge in [0, 0.05) is 6.61 Å². The van der Waals surface area contributed by atoms with Gasteiger partial charge in [-0.15, -0.1) is 0 Å². The molecular weight excluding hydrogens is 148 g/mol. The van der Waals surface area contributed by atoms with Crippen molar-refractivity contribution in [2.45, 2.75) is 46.0 Å². The highest BCUT2D eigenvalue weighted by molar-refractivity contribution is 4.76. The van der Waals surface area contributed by atoms with Crippen LogP contribution in [0.5, 0.6) is 0 Å². The third-order valence-corrected chi connectivity index (χ3v) is 2.12. The first-order valence-electron chi connectivity index (χ1n) is 5.03. The summed E-state index contributed by atoms with van der Waals surface area (Å²) in [6.07, 6.45) is 10.6. The van der Waals surface area contributed by atoms with Crippen LogP contribution in [0.25, 0.3) is 0 Å². The lowest BCUT2D eigenvalue weighted by molar-refractivity contribution is 0.227. The molecule has 1 unspecified atom stereocenters. The van der Waals surface area contributed by atoms with Gasteiger partial charge in [-0.1, -0.05) is 31.9 Å². The Balaban J connectivity index is 3.00. The Kier molecular flexibility index (Phi) is 8.57. The van der Waals surface area contributed by atoms with Gasteiger partial charge in [0.15, 0.2) is 0 Å². The van der Waals surface area contributed by atoms with Crippen molar-refractivity contribution < 1.29 is 5.11 Å². The summed E-state index contributed by atoms with van der Waals surface area (Å²) in [5.41, 5.74) is 0. The molecule has 0 aliphatic rings. The Morgan fingerprint density at radius 2 is 2.00 bits per heavy atom. The van der Waals surface area contributed by atoms with Crippen LogP contribution >= 0.6 is 0 Å². The monoisotopic (exact) mass is 170 g/mol. The first-order chi connectivity index (χ1) is 5.81. The Labute approximate surface area is 76.5 Å². The second kappa shape index (κ2) is 8.79. The van der Waals surface area contributed by atoms with Crippen molar-refractivity contribution >= 4 is 0 Å². The van der Waals surface area contributed by atoms with Crippen molar-refractivity contribution in [3.8, 4) is 0 Å². The van der Waals surface area contributed by atoms with Crippen LogP contribution in [0.4, 0.5) is 0 Å². The number of aliphatic hydroxyl groups excluding tert-OH is 1. The van der Waals surface area contributed by atoms with E-state index in [0.29, 0.717) is 12.5 Å². The lowest BCUT2D eigenvalue weighted by Gasteiger charge is -2.05. The predicted molar refractivity (Wildman–Crippen MR) is 54.1 cm³/mol. The minimum absolute atomic E-state index is 0.342. The van der Waals surface area contributed by atoms with E-state index in [1.165, 1.54) is 32.1 Å². The highest BCUT2D eigenvalue weighted by Gasteiger charge is 1.97. The lowest BCUT2D eigenvalue weighted by atomic mass is 10.0. The van der Waals surface area contributed by atoms with E-state index in [9.17, 15) is 0 Å². The van der Waals surface area contributed by atoms with E-state index in [-0.39, 0.29) is 0 Å². The summed E-state index contributed by atoms with van der Waals surface area (Å²) < 4.78 is 0. The molecule has 0 heterocycles. The van der Waals surface area contributed by atoms with Gasteiger partial charge in [0.25, 0.3) is 0 Å². The van der Waals surface area contributed by atoms with E-state index in [1.54, 1.807) is 0 Å². The summed E-state index contributed by atoms with van der Waals surface area (Å²) in [4.78, 5) is 0. The van der Waals surface area contributed by atoms with E-state index >= 15 is 0 Å². The molecule has 0 rings (SSSR count). The Morgan fingerprint density at radius 3 is 2.58 bits per heavy atom. The van der Waals surface area contributed by atoms with Crippen molar-refractivity contribution in [2.24, 2.45) is 5.92 Å². The summed E-state index contributed by atoms with van der Waals surface area (Å²) in [6.45, 7) is 4.51. The normalized spacial score (nSPS) is 13.9. The molecule has 0 saturated heterocycles. The molecular formula is C11H22O. The third kappa shape index (κ3) is 7.80. The fourth-order valence-electron chi connectivity index (χ4n) is 1.19. The molecule has 1 atom stereocenters. The lowest BCUT2D eigenvalue weighted by Crippen LogP contribution is -1.99. The summed E-state index contributed by atoms with van der Waals surface area (Å²) in [6, 6.07) is 0. The Hall–Kier alpha value is -0.300. The van der Waals surface area contributed by atoms with Crippen molar-refractivity contribution in [3.63, 3.8) is 0 Å². The molecule has 0 fully saturated rings. The third-order valence-electron chi connectivity index (χ3n) is 2.12. The zero-order valence-corrected chi connectivity index (χ0v) is 8.42. The molecule has 0 aromatic carbocycles. The number of allylic oxidation sites excluding steroid dienone is 2. The maximum absolute atomic E-state index is 8.76. The zero-order valence-electron chi connectivity index (χ0n) is 8.42. The second-order valence-electron chi connectivity index (χ2n) is 3.49. The Bertz CT molecular complexity index is 108. The summed E-state index contributed by atoms with van der Waals surface area (Å²) in [5.74, 6) is 0.492. The highest BCUT2D eigenvalue weighted by Crippen LogP contribution is 2.09. The van der Waals surface area contributed by atoms with Crippen LogP contribution in [0.1, 0.15) is 46.0 Å². The number of hydrogen-bond acceptors (Lipinski definition) is 1. The molecule has 1 N–H and O–H groups in total. The molecule has 0 radical (unpaired) electrons. The number of hydrogen-bond donors (Lipinski definition) is 1. The molecule has 0 bridgehead atoms. The van der Waals surface area contributed by atoms with Gasteiger partial charge in [-0.3, -0.25) is 0 Å². The number of aliphatic hydroxyl groups is 1. The first-order valence-corrected chi connectivity index (χ1v) is 5.03. The van der Waals surface area contributed by atoms with Gasteiger partial charge in [0.05, 0.1) is 0 Å². The van der Waals surface area contributed by atoms with Gasteiger partial charge in [0.2, 0.25) is 0 Å². The van der Waals surface area contributed by atoms with Gasteiger partial charge in [-0.05, 0) is 32.1 Å². The molecule has 0 aliphatic heterocycles. The van der Waals surface area contributed by atoms with Gasteiger partial charge >= 0.3 is 0 Å². The van der Waals surface area contributed by atoms with E-state index in [1.807, 2.05) is 0 Å².